The van der Waals surface area contributed by atoms with Gasteiger partial charge in [0.05, 0.1) is 13.0 Å². The second kappa shape index (κ2) is 4.40. The highest BCUT2D eigenvalue weighted by Crippen LogP contribution is 2.00. The minimum absolute atomic E-state index is 0.213. The van der Waals surface area contributed by atoms with Gasteiger partial charge in [0.1, 0.15) is 6.61 Å². The van der Waals surface area contributed by atoms with E-state index < -0.39 is 17.7 Å². The van der Waals surface area contributed by atoms with Crippen LogP contribution >= 0.6 is 0 Å². The maximum absolute atomic E-state index is 10.1. The molecule has 2 aliphatic heterocycles. The molecule has 0 aromatic rings. The molecule has 2 heterocycles. The van der Waals surface area contributed by atoms with Gasteiger partial charge in [0, 0.05) is 6.08 Å². The fraction of sp³-hybridized carbons (Fsp3) is 0.375. The van der Waals surface area contributed by atoms with Crippen LogP contribution in [0.3, 0.4) is 0 Å². The van der Waals surface area contributed by atoms with E-state index >= 15 is 0 Å². The van der Waals surface area contributed by atoms with Crippen LogP contribution in [0.4, 0.5) is 0 Å². The lowest BCUT2D eigenvalue weighted by Crippen LogP contribution is -2.03. The first-order valence-electron chi connectivity index (χ1n) is 3.87. The van der Waals surface area contributed by atoms with Gasteiger partial charge in [0.2, 0.25) is 11.5 Å². The predicted octanol–water partition coefficient (Wildman–Crippen LogP) is -0.512. The van der Waals surface area contributed by atoms with Crippen molar-refractivity contribution in [2.45, 2.75) is 6.42 Å². The fourth-order valence-electron chi connectivity index (χ4n) is 0.773. The summed E-state index contributed by atoms with van der Waals surface area (Å²) in [6.07, 6.45) is 1.58. The third-order valence-corrected chi connectivity index (χ3v) is 1.49. The number of rotatable bonds is 0. The standard InChI is InChI=1S/2C4H4O3/c2*5-3-1-2-7-4(3)6/h1-2H2;1,5H,2H2. The van der Waals surface area contributed by atoms with Crippen molar-refractivity contribution in [2.24, 2.45) is 0 Å². The van der Waals surface area contributed by atoms with E-state index in [1.807, 2.05) is 0 Å². The van der Waals surface area contributed by atoms with Crippen molar-refractivity contribution >= 4 is 17.7 Å². The summed E-state index contributed by atoms with van der Waals surface area (Å²) in [6, 6.07) is 0. The van der Waals surface area contributed by atoms with Crippen molar-refractivity contribution in [1.29, 1.82) is 0 Å². The van der Waals surface area contributed by atoms with Gasteiger partial charge in [0.15, 0.2) is 0 Å². The number of aliphatic hydroxyl groups is 1. The van der Waals surface area contributed by atoms with E-state index in [1.165, 1.54) is 6.08 Å². The van der Waals surface area contributed by atoms with Crippen molar-refractivity contribution in [2.75, 3.05) is 13.2 Å². The number of hydrogen-bond donors (Lipinski definition) is 1. The molecular weight excluding hydrogens is 192 g/mol. The van der Waals surface area contributed by atoms with Crippen LogP contribution in [0.2, 0.25) is 0 Å². The van der Waals surface area contributed by atoms with E-state index in [0.29, 0.717) is 0 Å². The van der Waals surface area contributed by atoms with Gasteiger partial charge in [-0.1, -0.05) is 0 Å². The average Bonchev–Trinajstić information content (AvgIpc) is 2.67. The average molecular weight is 200 g/mol. The van der Waals surface area contributed by atoms with Crippen LogP contribution in [0.5, 0.6) is 0 Å². The molecule has 1 fully saturated rings. The second-order valence-electron chi connectivity index (χ2n) is 2.50. The van der Waals surface area contributed by atoms with Gasteiger partial charge in [0.25, 0.3) is 0 Å². The molecule has 0 aromatic carbocycles. The monoisotopic (exact) mass is 200 g/mol. The lowest BCUT2D eigenvalue weighted by molar-refractivity contribution is -0.146. The lowest BCUT2D eigenvalue weighted by atomic mass is 10.3. The zero-order valence-electron chi connectivity index (χ0n) is 7.19. The van der Waals surface area contributed by atoms with Crippen molar-refractivity contribution in [3.8, 4) is 0 Å². The summed E-state index contributed by atoms with van der Waals surface area (Å²) in [7, 11) is 0. The topological polar surface area (TPSA) is 89.9 Å². The first-order chi connectivity index (χ1) is 6.61. The molecule has 6 heteroatoms. The third kappa shape index (κ3) is 2.58. The molecule has 1 saturated heterocycles. The van der Waals surface area contributed by atoms with E-state index in [4.69, 9.17) is 5.11 Å². The van der Waals surface area contributed by atoms with Crippen LogP contribution in [0.1, 0.15) is 6.42 Å². The normalized spacial score (nSPS) is 19.4. The van der Waals surface area contributed by atoms with E-state index in [2.05, 4.69) is 9.47 Å². The molecule has 0 unspecified atom stereocenters. The summed E-state index contributed by atoms with van der Waals surface area (Å²) < 4.78 is 8.56. The summed E-state index contributed by atoms with van der Waals surface area (Å²) in [5.74, 6) is -1.99. The number of carbonyl (C=O) groups excluding carboxylic acids is 3. The number of Topliss-reactive ketones (excluding diaryl/α,β-unsaturated/α-hetero) is 1. The number of ketones is 1. The van der Waals surface area contributed by atoms with Crippen LogP contribution < -0.4 is 0 Å². The van der Waals surface area contributed by atoms with Gasteiger partial charge in [-0.3, -0.25) is 4.79 Å². The summed E-state index contributed by atoms with van der Waals surface area (Å²) in [6.45, 7) is 0.488. The first-order valence-corrected chi connectivity index (χ1v) is 3.87. The summed E-state index contributed by atoms with van der Waals surface area (Å²) in [5, 5.41) is 8.38. The minimum atomic E-state index is -0.681. The summed E-state index contributed by atoms with van der Waals surface area (Å²) in [5.41, 5.74) is 0. The SMILES string of the molecule is O=C1CCOC1=O.O=C1OCC=C1O. The molecule has 0 atom stereocenters. The van der Waals surface area contributed by atoms with Gasteiger partial charge >= 0.3 is 11.9 Å². The van der Waals surface area contributed by atoms with Crippen molar-refractivity contribution in [3.05, 3.63) is 11.8 Å². The number of aliphatic hydroxyl groups excluding tert-OH is 1. The molecule has 0 bridgehead atoms. The van der Waals surface area contributed by atoms with Gasteiger partial charge in [-0.25, -0.2) is 9.59 Å². The molecular formula is C8H8O6. The predicted molar refractivity (Wildman–Crippen MR) is 42.3 cm³/mol. The Morgan fingerprint density at radius 2 is 1.86 bits per heavy atom. The summed E-state index contributed by atoms with van der Waals surface area (Å²) in [4.78, 5) is 30.1. The molecule has 0 aromatic heterocycles. The van der Waals surface area contributed by atoms with E-state index in [9.17, 15) is 14.4 Å². The van der Waals surface area contributed by atoms with Gasteiger partial charge in [-0.05, 0) is 0 Å². The van der Waals surface area contributed by atoms with Crippen LogP contribution in [0.15, 0.2) is 11.8 Å². The molecule has 0 amide bonds. The highest BCUT2D eigenvalue weighted by Gasteiger charge is 2.21. The Bertz CT molecular complexity index is 286. The van der Waals surface area contributed by atoms with Crippen LogP contribution in [0.25, 0.3) is 0 Å². The Morgan fingerprint density at radius 3 is 2.00 bits per heavy atom. The Balaban J connectivity index is 0.000000140. The Labute approximate surface area is 79.1 Å². The fourth-order valence-corrected chi connectivity index (χ4v) is 0.773. The van der Waals surface area contributed by atoms with Crippen LogP contribution in [-0.4, -0.2) is 36.0 Å². The van der Waals surface area contributed by atoms with Gasteiger partial charge in [-0.15, -0.1) is 0 Å². The molecule has 14 heavy (non-hydrogen) atoms. The van der Waals surface area contributed by atoms with Crippen molar-refractivity contribution in [3.63, 3.8) is 0 Å². The van der Waals surface area contributed by atoms with Crippen LogP contribution in [-0.2, 0) is 23.9 Å². The highest BCUT2D eigenvalue weighted by molar-refractivity contribution is 6.35. The maximum Gasteiger partial charge on any atom is 0.374 e. The largest absolute Gasteiger partial charge is 0.502 e. The second-order valence-corrected chi connectivity index (χ2v) is 2.50. The highest BCUT2D eigenvalue weighted by atomic mass is 16.6. The van der Waals surface area contributed by atoms with Gasteiger partial charge < -0.3 is 14.6 Å². The van der Waals surface area contributed by atoms with Crippen molar-refractivity contribution < 1.29 is 29.0 Å². The zero-order valence-corrected chi connectivity index (χ0v) is 7.19. The molecule has 1 N–H and O–H groups in total. The number of hydrogen-bond acceptors (Lipinski definition) is 6. The molecule has 0 aliphatic carbocycles. The number of cyclic esters (lactones) is 2. The lowest BCUT2D eigenvalue weighted by Gasteiger charge is -1.84. The Hall–Kier alpha value is -1.85. The first kappa shape index (κ1) is 10.2. The van der Waals surface area contributed by atoms with E-state index in [0.717, 1.165) is 0 Å². The molecule has 2 rings (SSSR count). The van der Waals surface area contributed by atoms with Crippen molar-refractivity contribution in [1.82, 2.24) is 0 Å². The Morgan fingerprint density at radius 1 is 1.14 bits per heavy atom. The number of carbonyl (C=O) groups is 3. The quantitative estimate of drug-likeness (QED) is 0.418. The molecule has 6 nitrogen and oxygen atoms in total. The Kier molecular flexibility index (Phi) is 3.22. The number of ether oxygens (including phenoxy) is 2. The minimum Gasteiger partial charge on any atom is -0.502 e. The summed E-state index contributed by atoms with van der Waals surface area (Å²) >= 11 is 0. The van der Waals surface area contributed by atoms with Gasteiger partial charge in [-0.2, -0.15) is 0 Å². The molecule has 0 spiro atoms. The third-order valence-electron chi connectivity index (χ3n) is 1.49. The smallest absolute Gasteiger partial charge is 0.374 e. The maximum atomic E-state index is 10.1. The van der Waals surface area contributed by atoms with E-state index in [-0.39, 0.29) is 25.4 Å². The molecule has 76 valence electrons. The van der Waals surface area contributed by atoms with Crippen LogP contribution in [0, 0.1) is 0 Å². The molecule has 2 aliphatic rings. The van der Waals surface area contributed by atoms with E-state index in [1.54, 1.807) is 0 Å². The zero-order chi connectivity index (χ0) is 10.6. The molecule has 0 saturated carbocycles. The number of esters is 2. The molecule has 0 radical (unpaired) electrons.